The molecule has 6 nitrogen and oxygen atoms in total. The number of aromatic nitrogens is 2. The van der Waals surface area contributed by atoms with Crippen LogP contribution in [0.25, 0.3) is 11.3 Å². The van der Waals surface area contributed by atoms with Crippen LogP contribution in [0.3, 0.4) is 0 Å². The number of methoxy groups -OCH3 is 1. The van der Waals surface area contributed by atoms with Crippen molar-refractivity contribution in [2.45, 2.75) is 6.92 Å². The van der Waals surface area contributed by atoms with Gasteiger partial charge in [-0.2, -0.15) is 0 Å². The Hall–Kier alpha value is -2.37. The van der Waals surface area contributed by atoms with Gasteiger partial charge in [0.2, 0.25) is 5.27 Å². The minimum atomic E-state index is -0.337. The molecule has 0 fully saturated rings. The van der Waals surface area contributed by atoms with E-state index in [4.69, 9.17) is 9.26 Å². The summed E-state index contributed by atoms with van der Waals surface area (Å²) >= 11 is 0. The van der Waals surface area contributed by atoms with E-state index >= 15 is 0 Å². The van der Waals surface area contributed by atoms with Crippen LogP contribution in [-0.2, 0) is 7.05 Å². The first-order valence-electron chi connectivity index (χ1n) is 5.34. The maximum absolute atomic E-state index is 11.0. The Bertz CT molecular complexity index is 586. The first-order valence-corrected chi connectivity index (χ1v) is 5.34. The fourth-order valence-electron chi connectivity index (χ4n) is 1.62. The first-order chi connectivity index (χ1) is 8.61. The van der Waals surface area contributed by atoms with Crippen molar-refractivity contribution in [1.29, 1.82) is 0 Å². The summed E-state index contributed by atoms with van der Waals surface area (Å²) in [6, 6.07) is 7.37. The summed E-state index contributed by atoms with van der Waals surface area (Å²) in [6.07, 6.45) is 0. The highest BCUT2D eigenvalue weighted by Gasteiger charge is 2.23. The summed E-state index contributed by atoms with van der Waals surface area (Å²) in [5, 5.41) is 14.8. The van der Waals surface area contributed by atoms with Gasteiger partial charge in [-0.1, -0.05) is 6.07 Å². The summed E-state index contributed by atoms with van der Waals surface area (Å²) in [7, 11) is 3.31. The third kappa shape index (κ3) is 2.32. The molecule has 0 saturated heterocycles. The zero-order chi connectivity index (χ0) is 13.1. The Balaban J connectivity index is 2.55. The van der Waals surface area contributed by atoms with Crippen molar-refractivity contribution in [3.8, 4) is 17.0 Å². The Morgan fingerprint density at radius 1 is 1.50 bits per heavy atom. The molecule has 0 saturated carbocycles. The molecule has 1 aromatic carbocycles. The highest BCUT2D eigenvalue weighted by Crippen LogP contribution is 2.28. The molecule has 0 unspecified atom stereocenters. The lowest BCUT2D eigenvalue weighted by atomic mass is 10.1. The molecule has 0 aliphatic heterocycles. The van der Waals surface area contributed by atoms with Crippen LogP contribution in [0.4, 0.5) is 5.88 Å². The number of hydrogen-bond donors (Lipinski definition) is 0. The molecule has 18 heavy (non-hydrogen) atoms. The molecule has 0 spiro atoms. The maximum atomic E-state index is 11.0. The Morgan fingerprint density at radius 3 is 2.94 bits per heavy atom. The standard InChI is InChI=1S/C12H13N3O3/c1-8(16)13-12-11(15(2)14-18-12)9-5-4-6-10(7-9)17-3/h4-7H,1-3H3. The van der Waals surface area contributed by atoms with E-state index in [1.165, 1.54) is 11.6 Å². The summed E-state index contributed by atoms with van der Waals surface area (Å²) in [6.45, 7) is 1.36. The van der Waals surface area contributed by atoms with Crippen LogP contribution in [0, 0.1) is 0 Å². The first kappa shape index (κ1) is 12.1. The molecule has 94 valence electrons. The highest BCUT2D eigenvalue weighted by atomic mass is 16.5. The highest BCUT2D eigenvalue weighted by molar-refractivity contribution is 5.75. The second kappa shape index (κ2) is 4.87. The quantitative estimate of drug-likeness (QED) is 0.452. The summed E-state index contributed by atoms with van der Waals surface area (Å²) in [5.41, 5.74) is 1.45. The fourth-order valence-corrected chi connectivity index (χ4v) is 1.62. The zero-order valence-electron chi connectivity index (χ0n) is 10.4. The van der Waals surface area contributed by atoms with E-state index in [-0.39, 0.29) is 11.8 Å². The minimum Gasteiger partial charge on any atom is -0.862 e. The number of aryl methyl sites for hydroxylation is 1. The molecule has 6 heteroatoms. The van der Waals surface area contributed by atoms with Crippen molar-refractivity contribution >= 4 is 11.8 Å². The lowest BCUT2D eigenvalue weighted by molar-refractivity contribution is -0.730. The van der Waals surface area contributed by atoms with Crippen molar-refractivity contribution in [2.24, 2.45) is 12.0 Å². The fraction of sp³-hybridized carbons (Fsp3) is 0.250. The Kier molecular flexibility index (Phi) is 3.27. The van der Waals surface area contributed by atoms with Crippen molar-refractivity contribution in [3.05, 3.63) is 24.3 Å². The van der Waals surface area contributed by atoms with Crippen LogP contribution >= 0.6 is 0 Å². The Labute approximate surface area is 104 Å². The van der Waals surface area contributed by atoms with Gasteiger partial charge in [0.05, 0.1) is 12.7 Å². The summed E-state index contributed by atoms with van der Waals surface area (Å²) < 4.78 is 11.7. The molecule has 0 aliphatic rings. The molecule has 1 heterocycles. The molecular formula is C12H13N3O3. The maximum Gasteiger partial charge on any atom is 0.328 e. The second-order valence-corrected chi connectivity index (χ2v) is 3.71. The number of rotatable bonds is 3. The number of benzene rings is 1. The van der Waals surface area contributed by atoms with Crippen LogP contribution in [0.15, 0.2) is 33.8 Å². The summed E-state index contributed by atoms with van der Waals surface area (Å²) in [4.78, 5) is 3.78. The average molecular weight is 247 g/mol. The number of hydrogen-bond acceptors (Lipinski definition) is 5. The van der Waals surface area contributed by atoms with Gasteiger partial charge in [0, 0.05) is 0 Å². The molecule has 0 bridgehead atoms. The SMILES string of the molecule is COc1cccc(-c2c(/N=C(/C)[O-])on[n+]2C)c1. The number of nitrogens with zero attached hydrogens (tertiary/aromatic N) is 3. The van der Waals surface area contributed by atoms with Crippen LogP contribution < -0.4 is 14.5 Å². The van der Waals surface area contributed by atoms with Gasteiger partial charge in [-0.25, -0.2) is 4.99 Å². The number of ether oxygens (including phenoxy) is 1. The molecule has 0 aliphatic carbocycles. The summed E-state index contributed by atoms with van der Waals surface area (Å²) in [5.74, 6) is 0.566. The van der Waals surface area contributed by atoms with E-state index in [0.29, 0.717) is 11.4 Å². The third-order valence-corrected chi connectivity index (χ3v) is 2.38. The minimum absolute atomic E-state index is 0.193. The van der Waals surface area contributed by atoms with Crippen molar-refractivity contribution in [2.75, 3.05) is 7.11 Å². The molecule has 2 rings (SSSR count). The van der Waals surface area contributed by atoms with E-state index in [0.717, 1.165) is 5.56 Å². The van der Waals surface area contributed by atoms with Crippen molar-refractivity contribution in [3.63, 3.8) is 0 Å². The molecule has 0 N–H and O–H groups in total. The smallest absolute Gasteiger partial charge is 0.328 e. The molecule has 0 amide bonds. The van der Waals surface area contributed by atoms with Crippen LogP contribution in [0.5, 0.6) is 5.75 Å². The van der Waals surface area contributed by atoms with Gasteiger partial charge >= 0.3 is 11.6 Å². The Morgan fingerprint density at radius 2 is 2.28 bits per heavy atom. The van der Waals surface area contributed by atoms with Gasteiger partial charge in [0.15, 0.2) is 7.05 Å². The molecular weight excluding hydrogens is 234 g/mol. The molecule has 2 aromatic rings. The van der Waals surface area contributed by atoms with E-state index in [9.17, 15) is 5.11 Å². The van der Waals surface area contributed by atoms with Crippen molar-refractivity contribution in [1.82, 2.24) is 5.27 Å². The normalized spacial score (nSPS) is 11.6. The van der Waals surface area contributed by atoms with Gasteiger partial charge < -0.3 is 9.84 Å². The van der Waals surface area contributed by atoms with Gasteiger partial charge in [0.1, 0.15) is 5.75 Å². The van der Waals surface area contributed by atoms with Gasteiger partial charge in [-0.15, -0.1) is 0 Å². The predicted molar refractivity (Wildman–Crippen MR) is 62.4 cm³/mol. The van der Waals surface area contributed by atoms with Gasteiger partial charge in [-0.3, -0.25) is 4.52 Å². The third-order valence-electron chi connectivity index (χ3n) is 2.38. The van der Waals surface area contributed by atoms with E-state index in [1.54, 1.807) is 14.2 Å². The zero-order valence-corrected chi connectivity index (χ0v) is 10.4. The number of aliphatic imine (C=N–C) groups is 1. The van der Waals surface area contributed by atoms with E-state index in [1.807, 2.05) is 24.3 Å². The second-order valence-electron chi connectivity index (χ2n) is 3.71. The average Bonchev–Trinajstić information content (AvgIpc) is 2.70. The monoisotopic (exact) mass is 247 g/mol. The predicted octanol–water partition coefficient (Wildman–Crippen LogP) is 0.585. The molecule has 0 radical (unpaired) electrons. The van der Waals surface area contributed by atoms with Gasteiger partial charge in [-0.05, 0) is 35.7 Å². The van der Waals surface area contributed by atoms with Crippen LogP contribution in [-0.4, -0.2) is 18.3 Å². The van der Waals surface area contributed by atoms with Crippen LogP contribution in [0.2, 0.25) is 0 Å². The lowest BCUT2D eigenvalue weighted by Gasteiger charge is -2.01. The largest absolute Gasteiger partial charge is 0.862 e. The molecule has 1 aromatic heterocycles. The van der Waals surface area contributed by atoms with Crippen LogP contribution in [0.1, 0.15) is 6.92 Å². The van der Waals surface area contributed by atoms with Gasteiger partial charge in [0.25, 0.3) is 0 Å². The lowest BCUT2D eigenvalue weighted by Crippen LogP contribution is -2.31. The van der Waals surface area contributed by atoms with E-state index < -0.39 is 0 Å². The van der Waals surface area contributed by atoms with Crippen molar-refractivity contribution < 1.29 is 19.0 Å². The topological polar surface area (TPSA) is 74.6 Å². The molecule has 0 atom stereocenters. The van der Waals surface area contributed by atoms with E-state index in [2.05, 4.69) is 10.3 Å².